The van der Waals surface area contributed by atoms with Gasteiger partial charge in [-0.25, -0.2) is 9.37 Å². The number of amides is 2. The van der Waals surface area contributed by atoms with Gasteiger partial charge in [0.05, 0.1) is 12.2 Å². The summed E-state index contributed by atoms with van der Waals surface area (Å²) in [5, 5.41) is 5.50. The van der Waals surface area contributed by atoms with Crippen LogP contribution in [0.25, 0.3) is 11.3 Å². The summed E-state index contributed by atoms with van der Waals surface area (Å²) in [6, 6.07) is 2.37. The van der Waals surface area contributed by atoms with Crippen LogP contribution in [0.1, 0.15) is 18.4 Å². The van der Waals surface area contributed by atoms with E-state index in [2.05, 4.69) is 10.3 Å². The van der Waals surface area contributed by atoms with Gasteiger partial charge in [-0.1, -0.05) is 11.6 Å². The number of benzene rings is 1. The third-order valence-corrected chi connectivity index (χ3v) is 5.53. The molecule has 9 heteroatoms. The molecule has 1 fully saturated rings. The van der Waals surface area contributed by atoms with Crippen molar-refractivity contribution < 1.29 is 14.0 Å². The highest BCUT2D eigenvalue weighted by atomic mass is 35.5. The maximum Gasteiger partial charge on any atom is 0.242 e. The number of likely N-dealkylation sites (tertiary alicyclic amines) is 1. The molecule has 1 atom stereocenters. The van der Waals surface area contributed by atoms with E-state index < -0.39 is 17.8 Å². The average Bonchev–Trinajstić information content (AvgIpc) is 3.25. The van der Waals surface area contributed by atoms with Crippen molar-refractivity contribution in [1.29, 1.82) is 0 Å². The summed E-state index contributed by atoms with van der Waals surface area (Å²) in [6.07, 6.45) is 1.35. The molecule has 3 N–H and O–H groups in total. The number of primary amides is 1. The summed E-state index contributed by atoms with van der Waals surface area (Å²) in [5.74, 6) is -1.15. The molecular formula is C17H18ClFN4O2S. The van der Waals surface area contributed by atoms with Crippen molar-refractivity contribution in [3.8, 4) is 11.3 Å². The van der Waals surface area contributed by atoms with E-state index in [1.54, 1.807) is 18.4 Å². The van der Waals surface area contributed by atoms with Crippen molar-refractivity contribution in [3.63, 3.8) is 0 Å². The number of nitrogens with one attached hydrogen (secondary N) is 1. The van der Waals surface area contributed by atoms with E-state index in [9.17, 15) is 14.0 Å². The van der Waals surface area contributed by atoms with Crippen LogP contribution in [0.4, 0.5) is 9.52 Å². The molecule has 26 heavy (non-hydrogen) atoms. The largest absolute Gasteiger partial charge is 0.368 e. The lowest BCUT2D eigenvalue weighted by atomic mass is 10.1. The smallest absolute Gasteiger partial charge is 0.242 e. The van der Waals surface area contributed by atoms with Crippen molar-refractivity contribution in [1.82, 2.24) is 9.88 Å². The normalized spacial score (nSPS) is 16.7. The molecule has 0 aliphatic carbocycles. The van der Waals surface area contributed by atoms with E-state index in [0.29, 0.717) is 34.4 Å². The van der Waals surface area contributed by atoms with Crippen LogP contribution in [-0.4, -0.2) is 40.8 Å². The fraction of sp³-hybridized carbons (Fsp3) is 0.353. The van der Waals surface area contributed by atoms with E-state index in [-0.39, 0.29) is 12.5 Å². The van der Waals surface area contributed by atoms with E-state index in [1.807, 2.05) is 0 Å². The van der Waals surface area contributed by atoms with Gasteiger partial charge in [-0.2, -0.15) is 0 Å². The van der Waals surface area contributed by atoms with Gasteiger partial charge in [-0.3, -0.25) is 9.59 Å². The molecule has 138 valence electrons. The second kappa shape index (κ2) is 7.59. The Kier molecular flexibility index (Phi) is 5.43. The molecule has 2 heterocycles. The number of aryl methyl sites for hydroxylation is 1. The zero-order chi connectivity index (χ0) is 18.8. The Balaban J connectivity index is 1.67. The molecule has 6 nitrogen and oxygen atoms in total. The van der Waals surface area contributed by atoms with Gasteiger partial charge in [-0.05, 0) is 37.5 Å². The number of anilines is 1. The number of nitrogens with zero attached hydrogens (tertiary/aromatic N) is 2. The highest BCUT2D eigenvalue weighted by molar-refractivity contribution is 7.14. The van der Waals surface area contributed by atoms with Gasteiger partial charge in [-0.15, -0.1) is 11.3 Å². The Hall–Kier alpha value is -2.19. The number of rotatable bonds is 5. The molecular weight excluding hydrogens is 379 g/mol. The lowest BCUT2D eigenvalue weighted by Gasteiger charge is -2.22. The predicted molar refractivity (Wildman–Crippen MR) is 99.7 cm³/mol. The fourth-order valence-corrected chi connectivity index (χ4v) is 3.81. The van der Waals surface area contributed by atoms with E-state index >= 15 is 0 Å². The first-order valence-corrected chi connectivity index (χ1v) is 9.36. The summed E-state index contributed by atoms with van der Waals surface area (Å²) < 4.78 is 14.1. The first-order chi connectivity index (χ1) is 12.4. The number of hydrogen-bond acceptors (Lipinski definition) is 5. The van der Waals surface area contributed by atoms with Crippen molar-refractivity contribution in [2.75, 3.05) is 18.4 Å². The second-order valence-electron chi connectivity index (χ2n) is 6.12. The molecule has 0 radical (unpaired) electrons. The fourth-order valence-electron chi connectivity index (χ4n) is 2.95. The Labute approximate surface area is 159 Å². The highest BCUT2D eigenvalue weighted by Gasteiger charge is 2.32. The number of hydrogen-bond donors (Lipinski definition) is 2. The standard InChI is InChI=1S/C17H18ClFN4O2S/c1-9-5-10(12(19)6-11(9)18)13-8-26-17(22-13)21-7-15(24)23-4-2-3-14(23)16(20)25/h5-6,8,14H,2-4,7H2,1H3,(H2,20,25)(H,21,22)/t14-/m0/s1. The van der Waals surface area contributed by atoms with Crippen LogP contribution in [0.5, 0.6) is 0 Å². The molecule has 2 aromatic rings. The van der Waals surface area contributed by atoms with Crippen LogP contribution in [0.15, 0.2) is 17.5 Å². The maximum atomic E-state index is 14.1. The Bertz CT molecular complexity index is 857. The summed E-state index contributed by atoms with van der Waals surface area (Å²) in [7, 11) is 0. The van der Waals surface area contributed by atoms with Crippen molar-refractivity contribution >= 4 is 39.9 Å². The lowest BCUT2D eigenvalue weighted by molar-refractivity contribution is -0.135. The minimum absolute atomic E-state index is 0.00113. The van der Waals surface area contributed by atoms with Crippen LogP contribution < -0.4 is 11.1 Å². The highest BCUT2D eigenvalue weighted by Crippen LogP contribution is 2.30. The quantitative estimate of drug-likeness (QED) is 0.813. The summed E-state index contributed by atoms with van der Waals surface area (Å²) in [4.78, 5) is 29.5. The van der Waals surface area contributed by atoms with E-state index in [0.717, 1.165) is 12.0 Å². The Morgan fingerprint density at radius 3 is 3.00 bits per heavy atom. The molecule has 0 spiro atoms. The van der Waals surface area contributed by atoms with E-state index in [1.165, 1.54) is 22.3 Å². The van der Waals surface area contributed by atoms with Crippen LogP contribution in [0, 0.1) is 12.7 Å². The van der Waals surface area contributed by atoms with Gasteiger partial charge >= 0.3 is 0 Å². The van der Waals surface area contributed by atoms with Crippen molar-refractivity contribution in [3.05, 3.63) is 33.9 Å². The van der Waals surface area contributed by atoms with Crippen LogP contribution in [-0.2, 0) is 9.59 Å². The minimum atomic E-state index is -0.540. The van der Waals surface area contributed by atoms with Gasteiger partial charge in [0.1, 0.15) is 11.9 Å². The van der Waals surface area contributed by atoms with Crippen LogP contribution in [0.2, 0.25) is 5.02 Å². The SMILES string of the molecule is Cc1cc(-c2csc(NCC(=O)N3CCC[C@H]3C(N)=O)n2)c(F)cc1Cl. The second-order valence-corrected chi connectivity index (χ2v) is 7.39. The zero-order valence-electron chi connectivity index (χ0n) is 14.1. The first kappa shape index (κ1) is 18.6. The van der Waals surface area contributed by atoms with Crippen molar-refractivity contribution in [2.24, 2.45) is 5.73 Å². The van der Waals surface area contributed by atoms with Gasteiger partial charge in [0.15, 0.2) is 5.13 Å². The van der Waals surface area contributed by atoms with Crippen LogP contribution >= 0.6 is 22.9 Å². The molecule has 0 unspecified atom stereocenters. The number of carbonyl (C=O) groups is 2. The van der Waals surface area contributed by atoms with Gasteiger partial charge < -0.3 is 16.0 Å². The number of nitrogens with two attached hydrogens (primary N) is 1. The Morgan fingerprint density at radius 1 is 1.50 bits per heavy atom. The summed E-state index contributed by atoms with van der Waals surface area (Å²) in [6.45, 7) is 2.31. The molecule has 2 amide bonds. The number of aromatic nitrogens is 1. The van der Waals surface area contributed by atoms with Gasteiger partial charge in [0, 0.05) is 22.5 Å². The maximum absolute atomic E-state index is 14.1. The van der Waals surface area contributed by atoms with Crippen LogP contribution in [0.3, 0.4) is 0 Å². The minimum Gasteiger partial charge on any atom is -0.368 e. The summed E-state index contributed by atoms with van der Waals surface area (Å²) in [5.41, 5.74) is 6.91. The molecule has 0 saturated carbocycles. The van der Waals surface area contributed by atoms with Crippen molar-refractivity contribution in [2.45, 2.75) is 25.8 Å². The number of halogens is 2. The molecule has 3 rings (SSSR count). The molecule has 1 aromatic carbocycles. The first-order valence-electron chi connectivity index (χ1n) is 8.11. The molecule has 1 aromatic heterocycles. The van der Waals surface area contributed by atoms with E-state index in [4.69, 9.17) is 17.3 Å². The topological polar surface area (TPSA) is 88.3 Å². The lowest BCUT2D eigenvalue weighted by Crippen LogP contribution is -2.45. The van der Waals surface area contributed by atoms with Gasteiger partial charge in [0.25, 0.3) is 0 Å². The molecule has 1 aliphatic rings. The summed E-state index contributed by atoms with van der Waals surface area (Å²) >= 11 is 7.18. The monoisotopic (exact) mass is 396 g/mol. The molecule has 1 aliphatic heterocycles. The van der Waals surface area contributed by atoms with Gasteiger partial charge in [0.2, 0.25) is 11.8 Å². The third-order valence-electron chi connectivity index (χ3n) is 4.32. The molecule has 0 bridgehead atoms. The number of thiazole rings is 1. The number of carbonyl (C=O) groups excluding carboxylic acids is 2. The molecule has 1 saturated heterocycles. The predicted octanol–water partition coefficient (Wildman–Crippen LogP) is 2.80. The zero-order valence-corrected chi connectivity index (χ0v) is 15.7. The average molecular weight is 397 g/mol. The Morgan fingerprint density at radius 2 is 2.27 bits per heavy atom. The third kappa shape index (κ3) is 3.81.